The molecular formula is C17H23N2O4+. The number of esters is 2. The maximum Gasteiger partial charge on any atom is 0.352 e. The molecule has 0 unspecified atom stereocenters. The number of rotatable bonds is 6. The molecule has 0 spiro atoms. The maximum absolute atomic E-state index is 12.1. The van der Waals surface area contributed by atoms with Gasteiger partial charge in [-0.1, -0.05) is 37.8 Å². The lowest BCUT2D eigenvalue weighted by molar-refractivity contribution is -0.671. The number of hydrogen-bond acceptors (Lipinski definition) is 4. The van der Waals surface area contributed by atoms with Gasteiger partial charge in [0.1, 0.15) is 12.4 Å². The third-order valence-corrected chi connectivity index (χ3v) is 2.99. The zero-order chi connectivity index (χ0) is 15.9. The lowest BCUT2D eigenvalue weighted by Crippen LogP contribution is -2.26. The van der Waals surface area contributed by atoms with Crippen LogP contribution in [0.3, 0.4) is 0 Å². The Hall–Kier alpha value is -2.63. The summed E-state index contributed by atoms with van der Waals surface area (Å²) in [6.07, 6.45) is 4.28. The molecule has 6 nitrogen and oxygen atoms in total. The first kappa shape index (κ1) is 18.4. The van der Waals surface area contributed by atoms with Crippen molar-refractivity contribution in [2.24, 2.45) is 7.05 Å². The second kappa shape index (κ2) is 8.73. The summed E-state index contributed by atoms with van der Waals surface area (Å²) >= 11 is 0. The van der Waals surface area contributed by atoms with E-state index in [0.717, 1.165) is 0 Å². The first-order valence-corrected chi connectivity index (χ1v) is 7.02. The van der Waals surface area contributed by atoms with E-state index in [1.165, 1.54) is 0 Å². The fraction of sp³-hybridized carbons (Fsp3) is 0.353. The van der Waals surface area contributed by atoms with Gasteiger partial charge < -0.3 is 9.47 Å². The summed E-state index contributed by atoms with van der Waals surface area (Å²) in [6.45, 7) is 1.97. The largest absolute Gasteiger partial charge is 0.463 e. The topological polar surface area (TPSA) is 61.4 Å². The Kier molecular flexibility index (Phi) is 6.99. The van der Waals surface area contributed by atoms with E-state index in [9.17, 15) is 9.59 Å². The summed E-state index contributed by atoms with van der Waals surface area (Å²) in [6, 6.07) is 8.84. The van der Waals surface area contributed by atoms with E-state index < -0.39 is 18.0 Å². The van der Waals surface area contributed by atoms with Crippen LogP contribution in [-0.2, 0) is 32.7 Å². The number of hydrogen-bond donors (Lipinski definition) is 0. The van der Waals surface area contributed by atoms with E-state index in [1.54, 1.807) is 48.3 Å². The van der Waals surface area contributed by atoms with Crippen molar-refractivity contribution in [3.63, 3.8) is 0 Å². The molecule has 0 radical (unpaired) electrons. The van der Waals surface area contributed by atoms with E-state index >= 15 is 0 Å². The minimum absolute atomic E-state index is 0. The first-order chi connectivity index (χ1) is 10.6. The Bertz CT molecular complexity index is 637. The molecule has 6 heteroatoms. The van der Waals surface area contributed by atoms with Gasteiger partial charge in [-0.15, -0.1) is 0 Å². The number of aromatic nitrogens is 2. The summed E-state index contributed by atoms with van der Waals surface area (Å²) in [7, 11) is 1.85. The average Bonchev–Trinajstić information content (AvgIpc) is 2.91. The third kappa shape index (κ3) is 5.25. The van der Waals surface area contributed by atoms with Crippen molar-refractivity contribution in [2.75, 3.05) is 6.61 Å². The predicted octanol–water partition coefficient (Wildman–Crippen LogP) is 1.80. The summed E-state index contributed by atoms with van der Waals surface area (Å²) in [5.74, 6) is -1.07. The van der Waals surface area contributed by atoms with Crippen LogP contribution in [0.1, 0.15) is 26.0 Å². The van der Waals surface area contributed by atoms with Gasteiger partial charge in [-0.2, -0.15) is 0 Å². The number of aryl methyl sites for hydroxylation is 1. The molecule has 0 fully saturated rings. The highest BCUT2D eigenvalue weighted by atomic mass is 16.6. The van der Waals surface area contributed by atoms with Crippen LogP contribution >= 0.6 is 0 Å². The van der Waals surface area contributed by atoms with Crippen LogP contribution in [-0.4, -0.2) is 23.1 Å². The Morgan fingerprint density at radius 1 is 1.26 bits per heavy atom. The Balaban J connectivity index is 0.00000264. The second-order valence-electron chi connectivity index (χ2n) is 4.78. The number of carbonyl (C=O) groups excluding carboxylic acids is 2. The van der Waals surface area contributed by atoms with Gasteiger partial charge in [0.15, 0.2) is 6.54 Å². The van der Waals surface area contributed by atoms with Gasteiger partial charge >= 0.3 is 11.9 Å². The second-order valence-corrected chi connectivity index (χ2v) is 4.78. The van der Waals surface area contributed by atoms with Gasteiger partial charge in [-0.05, 0) is 6.92 Å². The maximum atomic E-state index is 12.1. The van der Waals surface area contributed by atoms with Crippen LogP contribution < -0.4 is 4.57 Å². The number of imidazole rings is 1. The molecule has 1 atom stereocenters. The Labute approximate surface area is 136 Å². The molecule has 0 aliphatic rings. The highest BCUT2D eigenvalue weighted by Crippen LogP contribution is 2.19. The van der Waals surface area contributed by atoms with Crippen molar-refractivity contribution in [1.82, 2.24) is 4.57 Å². The Morgan fingerprint density at radius 3 is 2.52 bits per heavy atom. The van der Waals surface area contributed by atoms with E-state index in [0.29, 0.717) is 5.56 Å². The zero-order valence-corrected chi connectivity index (χ0v) is 12.6. The quantitative estimate of drug-likeness (QED) is 0.602. The molecule has 23 heavy (non-hydrogen) atoms. The van der Waals surface area contributed by atoms with E-state index in [4.69, 9.17) is 9.47 Å². The SMILES string of the molecule is C.CCOC(=O)[C@@H](OC(=O)Cn1cc[n+](C)c1)c1ccccc1. The molecule has 2 rings (SSSR count). The number of ether oxygens (including phenoxy) is 2. The fourth-order valence-corrected chi connectivity index (χ4v) is 2.01. The summed E-state index contributed by atoms with van der Waals surface area (Å²) in [5.41, 5.74) is 0.590. The van der Waals surface area contributed by atoms with Gasteiger partial charge in [0.2, 0.25) is 12.4 Å². The van der Waals surface area contributed by atoms with Crippen molar-refractivity contribution >= 4 is 11.9 Å². The van der Waals surface area contributed by atoms with Crippen molar-refractivity contribution in [1.29, 1.82) is 0 Å². The van der Waals surface area contributed by atoms with E-state index in [1.807, 2.05) is 23.9 Å². The van der Waals surface area contributed by atoms with Gasteiger partial charge in [-0.3, -0.25) is 0 Å². The summed E-state index contributed by atoms with van der Waals surface area (Å²) in [5, 5.41) is 0. The number of carbonyl (C=O) groups is 2. The molecule has 0 amide bonds. The third-order valence-electron chi connectivity index (χ3n) is 2.99. The molecule has 1 heterocycles. The molecule has 0 saturated heterocycles. The van der Waals surface area contributed by atoms with Crippen molar-refractivity contribution in [2.45, 2.75) is 27.0 Å². The van der Waals surface area contributed by atoms with Crippen molar-refractivity contribution < 1.29 is 23.6 Å². The lowest BCUT2D eigenvalue weighted by Gasteiger charge is -2.16. The lowest BCUT2D eigenvalue weighted by atomic mass is 10.1. The summed E-state index contributed by atoms with van der Waals surface area (Å²) < 4.78 is 13.8. The van der Waals surface area contributed by atoms with Crippen LogP contribution in [0, 0.1) is 0 Å². The molecule has 0 bridgehead atoms. The molecule has 0 aliphatic heterocycles. The molecule has 0 saturated carbocycles. The molecule has 124 valence electrons. The number of nitrogens with zero attached hydrogens (tertiary/aromatic N) is 2. The monoisotopic (exact) mass is 319 g/mol. The predicted molar refractivity (Wildman–Crippen MR) is 84.2 cm³/mol. The van der Waals surface area contributed by atoms with Crippen molar-refractivity contribution in [3.05, 3.63) is 54.6 Å². The van der Waals surface area contributed by atoms with Gasteiger partial charge in [0, 0.05) is 5.56 Å². The van der Waals surface area contributed by atoms with Gasteiger partial charge in [0.25, 0.3) is 0 Å². The minimum Gasteiger partial charge on any atom is -0.463 e. The van der Waals surface area contributed by atoms with Crippen molar-refractivity contribution in [3.8, 4) is 0 Å². The number of benzene rings is 1. The molecule has 0 N–H and O–H groups in total. The molecule has 2 aromatic rings. The van der Waals surface area contributed by atoms with E-state index in [2.05, 4.69) is 0 Å². The standard InChI is InChI=1S/C16H19N2O4.CH4/c1-3-21-16(20)15(13-7-5-4-6-8-13)22-14(19)11-18-10-9-17(2)12-18;/h4-10,12,15H,3,11H2,1-2H3;1H4/q+1;/t15-;/m0./s1. The fourth-order valence-electron chi connectivity index (χ4n) is 2.01. The summed E-state index contributed by atoms with van der Waals surface area (Å²) in [4.78, 5) is 24.1. The minimum atomic E-state index is -1.04. The average molecular weight is 319 g/mol. The van der Waals surface area contributed by atoms with Gasteiger partial charge in [-0.25, -0.2) is 18.7 Å². The molecule has 0 aliphatic carbocycles. The zero-order valence-electron chi connectivity index (χ0n) is 12.6. The molecule has 1 aromatic heterocycles. The first-order valence-electron chi connectivity index (χ1n) is 7.02. The van der Waals surface area contributed by atoms with Crippen LogP contribution in [0.5, 0.6) is 0 Å². The van der Waals surface area contributed by atoms with Crippen LogP contribution in [0.4, 0.5) is 0 Å². The normalized spacial score (nSPS) is 11.2. The van der Waals surface area contributed by atoms with Crippen LogP contribution in [0.2, 0.25) is 0 Å². The van der Waals surface area contributed by atoms with Crippen LogP contribution in [0.25, 0.3) is 0 Å². The smallest absolute Gasteiger partial charge is 0.352 e. The molecular weight excluding hydrogens is 296 g/mol. The van der Waals surface area contributed by atoms with Gasteiger partial charge in [0.05, 0.1) is 13.7 Å². The van der Waals surface area contributed by atoms with Crippen LogP contribution in [0.15, 0.2) is 49.1 Å². The highest BCUT2D eigenvalue weighted by Gasteiger charge is 2.27. The highest BCUT2D eigenvalue weighted by molar-refractivity contribution is 5.80. The van der Waals surface area contributed by atoms with E-state index in [-0.39, 0.29) is 20.6 Å². The molecule has 1 aromatic carbocycles. The Morgan fingerprint density at radius 2 is 1.96 bits per heavy atom.